The smallest absolute Gasteiger partial charge is 0.328 e. The van der Waals surface area contributed by atoms with Crippen LogP contribution >= 0.6 is 0 Å². The SMILES string of the molecule is COC(=O)[C@@H](Cc1ccccc1)NC(=O)c1cccc2c1ccn2C. The van der Waals surface area contributed by atoms with Crippen LogP contribution in [0.15, 0.2) is 60.8 Å². The van der Waals surface area contributed by atoms with Crippen LogP contribution in [0, 0.1) is 0 Å². The van der Waals surface area contributed by atoms with E-state index in [-0.39, 0.29) is 5.91 Å². The molecule has 0 aliphatic carbocycles. The van der Waals surface area contributed by atoms with Gasteiger partial charge in [0.1, 0.15) is 6.04 Å². The molecule has 25 heavy (non-hydrogen) atoms. The van der Waals surface area contributed by atoms with Crippen molar-refractivity contribution in [2.24, 2.45) is 7.05 Å². The maximum absolute atomic E-state index is 12.8. The third-order valence-corrected chi connectivity index (χ3v) is 4.25. The molecule has 1 N–H and O–H groups in total. The number of fused-ring (bicyclic) bond motifs is 1. The Morgan fingerprint density at radius 3 is 2.56 bits per heavy atom. The second kappa shape index (κ2) is 7.21. The maximum atomic E-state index is 12.8. The van der Waals surface area contributed by atoms with Gasteiger partial charge in [-0.2, -0.15) is 0 Å². The molecule has 0 aliphatic heterocycles. The third-order valence-electron chi connectivity index (χ3n) is 4.25. The van der Waals surface area contributed by atoms with E-state index in [2.05, 4.69) is 5.32 Å². The van der Waals surface area contributed by atoms with Gasteiger partial charge < -0.3 is 14.6 Å². The highest BCUT2D eigenvalue weighted by atomic mass is 16.5. The summed E-state index contributed by atoms with van der Waals surface area (Å²) in [4.78, 5) is 24.9. The van der Waals surface area contributed by atoms with Gasteiger partial charge in [0.15, 0.2) is 0 Å². The zero-order valence-electron chi connectivity index (χ0n) is 14.2. The zero-order chi connectivity index (χ0) is 17.8. The van der Waals surface area contributed by atoms with E-state index in [1.807, 2.05) is 66.3 Å². The Bertz CT molecular complexity index is 900. The predicted molar refractivity (Wildman–Crippen MR) is 96.3 cm³/mol. The fourth-order valence-electron chi connectivity index (χ4n) is 2.92. The minimum absolute atomic E-state index is 0.289. The molecule has 2 aromatic carbocycles. The Morgan fingerprint density at radius 1 is 1.08 bits per heavy atom. The lowest BCUT2D eigenvalue weighted by Crippen LogP contribution is -2.43. The van der Waals surface area contributed by atoms with Gasteiger partial charge in [-0.1, -0.05) is 36.4 Å². The first-order chi connectivity index (χ1) is 12.1. The van der Waals surface area contributed by atoms with E-state index in [1.54, 1.807) is 6.07 Å². The number of carbonyl (C=O) groups excluding carboxylic acids is 2. The number of amides is 1. The van der Waals surface area contributed by atoms with Crippen LogP contribution in [0.4, 0.5) is 0 Å². The number of aryl methyl sites for hydroxylation is 1. The van der Waals surface area contributed by atoms with Gasteiger partial charge >= 0.3 is 5.97 Å². The van der Waals surface area contributed by atoms with Gasteiger partial charge in [0.2, 0.25) is 0 Å². The molecule has 3 rings (SSSR count). The number of benzene rings is 2. The molecule has 0 spiro atoms. The Labute approximate surface area is 146 Å². The minimum atomic E-state index is -0.737. The van der Waals surface area contributed by atoms with Crippen molar-refractivity contribution in [3.05, 3.63) is 71.9 Å². The number of hydrogen-bond acceptors (Lipinski definition) is 3. The number of nitrogens with one attached hydrogen (secondary N) is 1. The number of aromatic nitrogens is 1. The summed E-state index contributed by atoms with van der Waals surface area (Å²) in [6.07, 6.45) is 2.28. The van der Waals surface area contributed by atoms with Gasteiger partial charge in [0.25, 0.3) is 5.91 Å². The first-order valence-electron chi connectivity index (χ1n) is 8.07. The minimum Gasteiger partial charge on any atom is -0.467 e. The number of carbonyl (C=O) groups is 2. The van der Waals surface area contributed by atoms with E-state index in [1.165, 1.54) is 7.11 Å². The van der Waals surface area contributed by atoms with Crippen LogP contribution < -0.4 is 5.32 Å². The highest BCUT2D eigenvalue weighted by Crippen LogP contribution is 2.19. The Morgan fingerprint density at radius 2 is 1.84 bits per heavy atom. The van der Waals surface area contributed by atoms with Gasteiger partial charge in [0, 0.05) is 36.1 Å². The molecule has 5 nitrogen and oxygen atoms in total. The van der Waals surface area contributed by atoms with Crippen molar-refractivity contribution >= 4 is 22.8 Å². The molecule has 3 aromatic rings. The van der Waals surface area contributed by atoms with Gasteiger partial charge in [-0.15, -0.1) is 0 Å². The van der Waals surface area contributed by atoms with Crippen molar-refractivity contribution in [1.82, 2.24) is 9.88 Å². The van der Waals surface area contributed by atoms with Crippen molar-refractivity contribution in [2.45, 2.75) is 12.5 Å². The fourth-order valence-corrected chi connectivity index (χ4v) is 2.92. The molecule has 0 saturated carbocycles. The maximum Gasteiger partial charge on any atom is 0.328 e. The van der Waals surface area contributed by atoms with Crippen LogP contribution in [-0.2, 0) is 23.0 Å². The highest BCUT2D eigenvalue weighted by molar-refractivity contribution is 6.07. The molecule has 1 heterocycles. The number of esters is 1. The van der Waals surface area contributed by atoms with Crippen LogP contribution in [0.1, 0.15) is 15.9 Å². The average molecular weight is 336 g/mol. The van der Waals surface area contributed by atoms with Crippen LogP contribution in [0.5, 0.6) is 0 Å². The van der Waals surface area contributed by atoms with E-state index >= 15 is 0 Å². The third kappa shape index (κ3) is 3.55. The molecule has 1 aromatic heterocycles. The van der Waals surface area contributed by atoms with Crippen molar-refractivity contribution in [3.8, 4) is 0 Å². The molecule has 0 radical (unpaired) electrons. The van der Waals surface area contributed by atoms with E-state index in [4.69, 9.17) is 4.74 Å². The van der Waals surface area contributed by atoms with Gasteiger partial charge in [-0.3, -0.25) is 4.79 Å². The lowest BCUT2D eigenvalue weighted by atomic mass is 10.0. The largest absolute Gasteiger partial charge is 0.467 e. The second-order valence-corrected chi connectivity index (χ2v) is 5.90. The molecule has 1 amide bonds. The summed E-state index contributed by atoms with van der Waals surface area (Å²) < 4.78 is 6.81. The number of nitrogens with zero attached hydrogens (tertiary/aromatic N) is 1. The van der Waals surface area contributed by atoms with Crippen LogP contribution in [0.2, 0.25) is 0 Å². The lowest BCUT2D eigenvalue weighted by molar-refractivity contribution is -0.142. The topological polar surface area (TPSA) is 60.3 Å². The summed E-state index contributed by atoms with van der Waals surface area (Å²) in [7, 11) is 3.25. The van der Waals surface area contributed by atoms with E-state index < -0.39 is 12.0 Å². The van der Waals surface area contributed by atoms with E-state index in [9.17, 15) is 9.59 Å². The van der Waals surface area contributed by atoms with Crippen LogP contribution in [0.25, 0.3) is 10.9 Å². The van der Waals surface area contributed by atoms with Gasteiger partial charge in [0.05, 0.1) is 7.11 Å². The summed E-state index contributed by atoms with van der Waals surface area (Å²) in [5.74, 6) is -0.749. The van der Waals surface area contributed by atoms with Crippen LogP contribution in [-0.4, -0.2) is 29.6 Å². The second-order valence-electron chi connectivity index (χ2n) is 5.90. The first-order valence-corrected chi connectivity index (χ1v) is 8.07. The fraction of sp³-hybridized carbons (Fsp3) is 0.200. The average Bonchev–Trinajstić information content (AvgIpc) is 3.02. The summed E-state index contributed by atoms with van der Waals surface area (Å²) in [6, 6.07) is 16.2. The highest BCUT2D eigenvalue weighted by Gasteiger charge is 2.23. The van der Waals surface area contributed by atoms with Crippen molar-refractivity contribution in [3.63, 3.8) is 0 Å². The van der Waals surface area contributed by atoms with E-state index in [0.717, 1.165) is 16.5 Å². The predicted octanol–water partition coefficient (Wildman–Crippen LogP) is 2.69. The van der Waals surface area contributed by atoms with Crippen LogP contribution in [0.3, 0.4) is 0 Å². The quantitative estimate of drug-likeness (QED) is 0.729. The molecule has 0 bridgehead atoms. The lowest BCUT2D eigenvalue weighted by Gasteiger charge is -2.17. The summed E-state index contributed by atoms with van der Waals surface area (Å²) in [6.45, 7) is 0. The van der Waals surface area contributed by atoms with Crippen molar-refractivity contribution < 1.29 is 14.3 Å². The number of ether oxygens (including phenoxy) is 1. The molecular formula is C20H20N2O3. The first kappa shape index (κ1) is 16.8. The molecule has 128 valence electrons. The standard InChI is InChI=1S/C20H20N2O3/c1-22-12-11-15-16(9-6-10-18(15)22)19(23)21-17(20(24)25-2)13-14-7-4-3-5-8-14/h3-12,17H,13H2,1-2H3,(H,21,23)/t17-/m1/s1. The Kier molecular flexibility index (Phi) is 4.84. The van der Waals surface area contributed by atoms with Crippen molar-refractivity contribution in [1.29, 1.82) is 0 Å². The normalized spacial score (nSPS) is 11.9. The molecule has 5 heteroatoms. The summed E-state index contributed by atoms with van der Waals surface area (Å²) in [5.41, 5.74) is 2.46. The molecule has 0 fully saturated rings. The number of hydrogen-bond donors (Lipinski definition) is 1. The summed E-state index contributed by atoms with van der Waals surface area (Å²) in [5, 5.41) is 3.66. The molecular weight excluding hydrogens is 316 g/mol. The molecule has 1 atom stereocenters. The van der Waals surface area contributed by atoms with Gasteiger partial charge in [-0.05, 0) is 23.8 Å². The Hall–Kier alpha value is -3.08. The Balaban J connectivity index is 1.85. The number of rotatable bonds is 5. The zero-order valence-corrected chi connectivity index (χ0v) is 14.2. The van der Waals surface area contributed by atoms with E-state index in [0.29, 0.717) is 12.0 Å². The monoisotopic (exact) mass is 336 g/mol. The molecule has 0 saturated heterocycles. The molecule has 0 unspecified atom stereocenters. The number of methoxy groups -OCH3 is 1. The molecule has 0 aliphatic rings. The van der Waals surface area contributed by atoms with Crippen molar-refractivity contribution in [2.75, 3.05) is 7.11 Å². The summed E-state index contributed by atoms with van der Waals surface area (Å²) >= 11 is 0. The van der Waals surface area contributed by atoms with Gasteiger partial charge in [-0.25, -0.2) is 4.79 Å².